The average Bonchev–Trinajstić information content (AvgIpc) is 2.02. The monoisotopic (exact) mass is 303 g/mol. The normalized spacial score (nSPS) is 13.2. The summed E-state index contributed by atoms with van der Waals surface area (Å²) in [5.74, 6) is 0. The van der Waals surface area contributed by atoms with Crippen molar-refractivity contribution >= 4 is 28.3 Å². The van der Waals surface area contributed by atoms with Gasteiger partial charge in [-0.3, -0.25) is 0 Å². The summed E-state index contributed by atoms with van der Waals surface area (Å²) in [6, 6.07) is 3.03. The molecule has 0 heterocycles. The predicted molar refractivity (Wildman–Crippen MR) is 59.0 cm³/mol. The molecule has 0 spiro atoms. The fourth-order valence-electron chi connectivity index (χ4n) is 1.07. The summed E-state index contributed by atoms with van der Waals surface area (Å²) in [7, 11) is 0. The molecule has 1 rings (SSSR count). The third-order valence-corrected chi connectivity index (χ3v) is 2.54. The van der Waals surface area contributed by atoms with Crippen molar-refractivity contribution in [3.63, 3.8) is 0 Å². The lowest BCUT2D eigenvalue weighted by atomic mass is 10.1. The molecule has 1 aromatic carbocycles. The van der Waals surface area contributed by atoms with Gasteiger partial charge >= 0.3 is 6.18 Å². The highest BCUT2D eigenvalue weighted by Gasteiger charge is 2.31. The second-order valence-corrected chi connectivity index (χ2v) is 3.88. The molecule has 0 aliphatic carbocycles. The van der Waals surface area contributed by atoms with E-state index in [-0.39, 0.29) is 12.4 Å². The van der Waals surface area contributed by atoms with Crippen LogP contribution in [0.1, 0.15) is 24.1 Å². The molecule has 0 aromatic heterocycles. The van der Waals surface area contributed by atoms with Crippen molar-refractivity contribution < 1.29 is 13.2 Å². The first-order valence-electron chi connectivity index (χ1n) is 3.94. The fourth-order valence-corrected chi connectivity index (χ4v) is 1.68. The zero-order valence-electron chi connectivity index (χ0n) is 7.81. The standard InChI is InChI=1S/C9H9BrF3N.ClH/c1-5(14)7-4-6(9(11,12)13)2-3-8(7)10;/h2-5H,14H2,1H3;1H. The summed E-state index contributed by atoms with van der Waals surface area (Å²) in [6.07, 6.45) is -4.32. The smallest absolute Gasteiger partial charge is 0.324 e. The van der Waals surface area contributed by atoms with Gasteiger partial charge in [-0.1, -0.05) is 15.9 Å². The maximum atomic E-state index is 12.3. The average molecular weight is 305 g/mol. The van der Waals surface area contributed by atoms with Gasteiger partial charge < -0.3 is 5.73 Å². The van der Waals surface area contributed by atoms with Gasteiger partial charge in [0, 0.05) is 10.5 Å². The Balaban J connectivity index is 0.00000196. The Bertz CT molecular complexity index is 339. The largest absolute Gasteiger partial charge is 0.416 e. The van der Waals surface area contributed by atoms with Crippen LogP contribution in [0.5, 0.6) is 0 Å². The molecule has 86 valence electrons. The molecule has 0 amide bonds. The van der Waals surface area contributed by atoms with Gasteiger partial charge in [-0.25, -0.2) is 0 Å². The Kier molecular flexibility index (Phi) is 5.09. The van der Waals surface area contributed by atoms with Crippen LogP contribution in [0.25, 0.3) is 0 Å². The van der Waals surface area contributed by atoms with Crippen LogP contribution in [0.15, 0.2) is 22.7 Å². The molecule has 1 unspecified atom stereocenters. The maximum absolute atomic E-state index is 12.3. The lowest BCUT2D eigenvalue weighted by molar-refractivity contribution is -0.137. The summed E-state index contributed by atoms with van der Waals surface area (Å²) >= 11 is 3.15. The molecule has 0 bridgehead atoms. The van der Waals surface area contributed by atoms with Gasteiger partial charge in [-0.2, -0.15) is 13.2 Å². The number of benzene rings is 1. The van der Waals surface area contributed by atoms with Crippen molar-refractivity contribution in [2.75, 3.05) is 0 Å². The summed E-state index contributed by atoms with van der Waals surface area (Å²) in [5.41, 5.74) is 5.31. The van der Waals surface area contributed by atoms with Crippen molar-refractivity contribution in [1.82, 2.24) is 0 Å². The molecule has 0 saturated carbocycles. The molecule has 0 radical (unpaired) electrons. The Morgan fingerprint density at radius 2 is 1.87 bits per heavy atom. The molecule has 0 aliphatic heterocycles. The third kappa shape index (κ3) is 3.66. The SMILES string of the molecule is CC(N)c1cc(C(F)(F)F)ccc1Br.Cl. The van der Waals surface area contributed by atoms with E-state index >= 15 is 0 Å². The van der Waals surface area contributed by atoms with Crippen molar-refractivity contribution in [3.05, 3.63) is 33.8 Å². The zero-order valence-corrected chi connectivity index (χ0v) is 10.2. The number of hydrogen-bond acceptors (Lipinski definition) is 1. The molecule has 2 N–H and O–H groups in total. The maximum Gasteiger partial charge on any atom is 0.416 e. The fraction of sp³-hybridized carbons (Fsp3) is 0.333. The first-order valence-corrected chi connectivity index (χ1v) is 4.74. The highest BCUT2D eigenvalue weighted by Crippen LogP contribution is 2.33. The molecule has 1 atom stereocenters. The quantitative estimate of drug-likeness (QED) is 0.836. The summed E-state index contributed by atoms with van der Waals surface area (Å²) in [4.78, 5) is 0. The van der Waals surface area contributed by atoms with Crippen molar-refractivity contribution in [3.8, 4) is 0 Å². The van der Waals surface area contributed by atoms with E-state index in [1.807, 2.05) is 0 Å². The first kappa shape index (κ1) is 14.7. The Hall–Kier alpha value is -0.260. The summed E-state index contributed by atoms with van der Waals surface area (Å²) < 4.78 is 37.5. The van der Waals surface area contributed by atoms with E-state index < -0.39 is 17.8 Å². The van der Waals surface area contributed by atoms with Crippen LogP contribution in [0, 0.1) is 0 Å². The molecule has 0 fully saturated rings. The summed E-state index contributed by atoms with van der Waals surface area (Å²) in [5, 5.41) is 0. The highest BCUT2D eigenvalue weighted by molar-refractivity contribution is 9.10. The van der Waals surface area contributed by atoms with E-state index in [1.54, 1.807) is 6.92 Å². The van der Waals surface area contributed by atoms with Crippen LogP contribution in [0.3, 0.4) is 0 Å². The Morgan fingerprint density at radius 1 is 1.33 bits per heavy atom. The molecule has 0 saturated heterocycles. The number of nitrogens with two attached hydrogens (primary N) is 1. The van der Waals surface area contributed by atoms with E-state index in [0.29, 0.717) is 10.0 Å². The Labute approximate surface area is 100 Å². The second-order valence-electron chi connectivity index (χ2n) is 3.02. The lowest BCUT2D eigenvalue weighted by Gasteiger charge is -2.12. The van der Waals surface area contributed by atoms with Crippen molar-refractivity contribution in [2.45, 2.75) is 19.1 Å². The van der Waals surface area contributed by atoms with Gasteiger partial charge in [0.25, 0.3) is 0 Å². The molecule has 1 nitrogen and oxygen atoms in total. The molecule has 15 heavy (non-hydrogen) atoms. The summed E-state index contributed by atoms with van der Waals surface area (Å²) in [6.45, 7) is 1.64. The van der Waals surface area contributed by atoms with Gasteiger partial charge in [-0.05, 0) is 30.7 Å². The predicted octanol–water partition coefficient (Wildman–Crippen LogP) is 3.91. The van der Waals surface area contributed by atoms with Crippen LogP contribution in [0.4, 0.5) is 13.2 Å². The number of hydrogen-bond donors (Lipinski definition) is 1. The van der Waals surface area contributed by atoms with Crippen LogP contribution >= 0.6 is 28.3 Å². The van der Waals surface area contributed by atoms with E-state index in [9.17, 15) is 13.2 Å². The van der Waals surface area contributed by atoms with Crippen molar-refractivity contribution in [2.24, 2.45) is 5.73 Å². The first-order chi connectivity index (χ1) is 6.32. The minimum atomic E-state index is -4.32. The Morgan fingerprint density at radius 3 is 2.27 bits per heavy atom. The number of rotatable bonds is 1. The van der Waals surface area contributed by atoms with Gasteiger partial charge in [0.1, 0.15) is 0 Å². The van der Waals surface area contributed by atoms with Gasteiger partial charge in [0.05, 0.1) is 5.56 Å². The van der Waals surface area contributed by atoms with E-state index in [4.69, 9.17) is 5.73 Å². The van der Waals surface area contributed by atoms with Crippen LogP contribution in [-0.4, -0.2) is 0 Å². The molecule has 0 aliphatic rings. The minimum Gasteiger partial charge on any atom is -0.324 e. The minimum absolute atomic E-state index is 0. The van der Waals surface area contributed by atoms with Gasteiger partial charge in [0.15, 0.2) is 0 Å². The van der Waals surface area contributed by atoms with Gasteiger partial charge in [0.2, 0.25) is 0 Å². The van der Waals surface area contributed by atoms with Crippen LogP contribution in [0.2, 0.25) is 0 Å². The van der Waals surface area contributed by atoms with Gasteiger partial charge in [-0.15, -0.1) is 12.4 Å². The highest BCUT2D eigenvalue weighted by atomic mass is 79.9. The van der Waals surface area contributed by atoms with Crippen LogP contribution in [-0.2, 0) is 6.18 Å². The number of halogens is 5. The number of alkyl halides is 3. The third-order valence-electron chi connectivity index (χ3n) is 1.81. The molecular formula is C9H10BrClF3N. The zero-order chi connectivity index (χ0) is 10.9. The molecule has 6 heteroatoms. The van der Waals surface area contributed by atoms with Crippen molar-refractivity contribution in [1.29, 1.82) is 0 Å². The lowest BCUT2D eigenvalue weighted by Crippen LogP contribution is -2.10. The van der Waals surface area contributed by atoms with Crippen LogP contribution < -0.4 is 5.73 Å². The van der Waals surface area contributed by atoms with E-state index in [0.717, 1.165) is 12.1 Å². The topological polar surface area (TPSA) is 26.0 Å². The van der Waals surface area contributed by atoms with E-state index in [1.165, 1.54) is 6.07 Å². The van der Waals surface area contributed by atoms with E-state index in [2.05, 4.69) is 15.9 Å². The second kappa shape index (κ2) is 5.18. The molecule has 1 aromatic rings. The molecular weight excluding hydrogens is 294 g/mol.